The topological polar surface area (TPSA) is 47.3 Å². The Kier molecular flexibility index (Phi) is 4.50. The highest BCUT2D eigenvalue weighted by atomic mass is 35.5. The van der Waals surface area contributed by atoms with Crippen LogP contribution >= 0.6 is 11.6 Å². The first kappa shape index (κ1) is 13.7. The number of nitrogens with two attached hydrogens (primary N) is 1. The molecule has 1 atom stereocenters. The minimum Gasteiger partial charge on any atom is -0.381 e. The SMILES string of the molecule is NNC(c1cc(F)c(Cl)cc1F)C1CCOCC1. The molecular weight excluding hydrogens is 262 g/mol. The molecule has 6 heteroatoms. The number of nitrogens with one attached hydrogen (secondary N) is 1. The smallest absolute Gasteiger partial charge is 0.142 e. The molecule has 0 radical (unpaired) electrons. The first-order valence-electron chi connectivity index (χ1n) is 5.81. The van der Waals surface area contributed by atoms with Crippen molar-refractivity contribution >= 4 is 11.6 Å². The van der Waals surface area contributed by atoms with Gasteiger partial charge in [0.1, 0.15) is 11.6 Å². The average molecular weight is 277 g/mol. The van der Waals surface area contributed by atoms with E-state index in [1.165, 1.54) is 0 Å². The molecule has 1 aromatic rings. The van der Waals surface area contributed by atoms with Gasteiger partial charge in [-0.25, -0.2) is 8.78 Å². The van der Waals surface area contributed by atoms with Crippen molar-refractivity contribution in [3.8, 4) is 0 Å². The molecule has 0 aromatic heterocycles. The fraction of sp³-hybridized carbons (Fsp3) is 0.500. The molecule has 0 bridgehead atoms. The van der Waals surface area contributed by atoms with E-state index in [-0.39, 0.29) is 16.5 Å². The summed E-state index contributed by atoms with van der Waals surface area (Å²) in [5.41, 5.74) is 2.78. The second-order valence-electron chi connectivity index (χ2n) is 4.38. The van der Waals surface area contributed by atoms with Gasteiger partial charge in [0.15, 0.2) is 0 Å². The maximum Gasteiger partial charge on any atom is 0.142 e. The van der Waals surface area contributed by atoms with Gasteiger partial charge < -0.3 is 4.74 Å². The predicted octanol–water partition coefficient (Wildman–Crippen LogP) is 2.55. The van der Waals surface area contributed by atoms with E-state index in [1.807, 2.05) is 0 Å². The minimum atomic E-state index is -0.639. The maximum atomic E-state index is 13.8. The Labute approximate surface area is 109 Å². The molecule has 0 saturated carbocycles. The van der Waals surface area contributed by atoms with Gasteiger partial charge in [-0.15, -0.1) is 0 Å². The third kappa shape index (κ3) is 2.80. The Hall–Kier alpha value is -0.750. The van der Waals surface area contributed by atoms with E-state index in [2.05, 4.69) is 5.43 Å². The highest BCUT2D eigenvalue weighted by molar-refractivity contribution is 6.30. The van der Waals surface area contributed by atoms with Crippen molar-refractivity contribution < 1.29 is 13.5 Å². The Morgan fingerprint density at radius 1 is 1.28 bits per heavy atom. The summed E-state index contributed by atoms with van der Waals surface area (Å²) in [6.07, 6.45) is 1.52. The van der Waals surface area contributed by atoms with E-state index in [1.54, 1.807) is 0 Å². The van der Waals surface area contributed by atoms with Gasteiger partial charge >= 0.3 is 0 Å². The van der Waals surface area contributed by atoms with Crippen LogP contribution in [0.4, 0.5) is 8.78 Å². The van der Waals surface area contributed by atoms with Gasteiger partial charge in [-0.05, 0) is 30.9 Å². The molecule has 1 unspecified atom stereocenters. The van der Waals surface area contributed by atoms with E-state index in [0.717, 1.165) is 25.0 Å². The number of ether oxygens (including phenoxy) is 1. The lowest BCUT2D eigenvalue weighted by Gasteiger charge is -2.30. The van der Waals surface area contributed by atoms with Crippen LogP contribution in [0.1, 0.15) is 24.4 Å². The van der Waals surface area contributed by atoms with Crippen LogP contribution in [0.25, 0.3) is 0 Å². The van der Waals surface area contributed by atoms with Crippen molar-refractivity contribution in [3.05, 3.63) is 34.4 Å². The molecule has 100 valence electrons. The second kappa shape index (κ2) is 5.93. The summed E-state index contributed by atoms with van der Waals surface area (Å²) in [5, 5.41) is -0.223. The second-order valence-corrected chi connectivity index (χ2v) is 4.79. The average Bonchev–Trinajstić information content (AvgIpc) is 2.38. The van der Waals surface area contributed by atoms with Gasteiger partial charge in [0.05, 0.1) is 11.1 Å². The predicted molar refractivity (Wildman–Crippen MR) is 65.0 cm³/mol. The Balaban J connectivity index is 2.28. The number of benzene rings is 1. The number of hydrogen-bond acceptors (Lipinski definition) is 3. The number of hydrogen-bond donors (Lipinski definition) is 2. The number of hydrazine groups is 1. The first-order chi connectivity index (χ1) is 8.63. The van der Waals surface area contributed by atoms with Crippen LogP contribution in [0.2, 0.25) is 5.02 Å². The fourth-order valence-corrected chi connectivity index (χ4v) is 2.46. The highest BCUT2D eigenvalue weighted by Gasteiger charge is 2.27. The van der Waals surface area contributed by atoms with Crippen LogP contribution in [0.15, 0.2) is 12.1 Å². The standard InChI is InChI=1S/C12H15ClF2N2O/c13-9-6-10(14)8(5-11(9)15)12(17-16)7-1-3-18-4-2-7/h5-7,12,17H,1-4,16H2. The summed E-state index contributed by atoms with van der Waals surface area (Å²) in [6.45, 7) is 1.22. The normalized spacial score (nSPS) is 18.9. The lowest BCUT2D eigenvalue weighted by atomic mass is 9.87. The van der Waals surface area contributed by atoms with E-state index >= 15 is 0 Å². The highest BCUT2D eigenvalue weighted by Crippen LogP contribution is 2.32. The van der Waals surface area contributed by atoms with E-state index in [4.69, 9.17) is 22.2 Å². The van der Waals surface area contributed by atoms with Gasteiger partial charge in [0.2, 0.25) is 0 Å². The molecule has 1 fully saturated rings. The van der Waals surface area contributed by atoms with Crippen molar-refractivity contribution in [2.45, 2.75) is 18.9 Å². The summed E-state index contributed by atoms with van der Waals surface area (Å²) >= 11 is 5.53. The van der Waals surface area contributed by atoms with Crippen LogP contribution in [-0.4, -0.2) is 13.2 Å². The monoisotopic (exact) mass is 276 g/mol. The molecule has 18 heavy (non-hydrogen) atoms. The lowest BCUT2D eigenvalue weighted by Crippen LogP contribution is -2.36. The van der Waals surface area contributed by atoms with Crippen molar-refractivity contribution in [2.24, 2.45) is 11.8 Å². The quantitative estimate of drug-likeness (QED) is 0.507. The molecule has 1 aromatic carbocycles. The van der Waals surface area contributed by atoms with Gasteiger partial charge in [0.25, 0.3) is 0 Å². The number of rotatable bonds is 3. The summed E-state index contributed by atoms with van der Waals surface area (Å²) in [7, 11) is 0. The van der Waals surface area contributed by atoms with Crippen LogP contribution < -0.4 is 11.3 Å². The van der Waals surface area contributed by atoms with Crippen LogP contribution in [0.3, 0.4) is 0 Å². The summed E-state index contributed by atoms with van der Waals surface area (Å²) in [5.74, 6) is 4.42. The summed E-state index contributed by atoms with van der Waals surface area (Å²) in [4.78, 5) is 0. The Morgan fingerprint density at radius 3 is 2.56 bits per heavy atom. The van der Waals surface area contributed by atoms with E-state index in [9.17, 15) is 8.78 Å². The van der Waals surface area contributed by atoms with E-state index in [0.29, 0.717) is 13.2 Å². The van der Waals surface area contributed by atoms with Crippen molar-refractivity contribution in [2.75, 3.05) is 13.2 Å². The Morgan fingerprint density at radius 2 is 1.94 bits per heavy atom. The molecule has 0 amide bonds. The minimum absolute atomic E-state index is 0.124. The zero-order valence-electron chi connectivity index (χ0n) is 9.76. The summed E-state index contributed by atoms with van der Waals surface area (Å²) in [6, 6.07) is 1.66. The molecule has 1 saturated heterocycles. The number of halogens is 3. The van der Waals surface area contributed by atoms with Crippen LogP contribution in [0, 0.1) is 17.6 Å². The molecule has 1 heterocycles. The molecule has 0 spiro atoms. The molecule has 1 aliphatic rings. The molecule has 3 nitrogen and oxygen atoms in total. The fourth-order valence-electron chi connectivity index (χ4n) is 2.31. The van der Waals surface area contributed by atoms with Crippen molar-refractivity contribution in [3.63, 3.8) is 0 Å². The molecular formula is C12H15ClF2N2O. The molecule has 1 aliphatic heterocycles. The van der Waals surface area contributed by atoms with Gasteiger partial charge in [-0.3, -0.25) is 11.3 Å². The maximum absolute atomic E-state index is 13.8. The zero-order chi connectivity index (χ0) is 13.1. The zero-order valence-corrected chi connectivity index (χ0v) is 10.5. The summed E-state index contributed by atoms with van der Waals surface area (Å²) < 4.78 is 32.5. The lowest BCUT2D eigenvalue weighted by molar-refractivity contribution is 0.0531. The molecule has 3 N–H and O–H groups in total. The van der Waals surface area contributed by atoms with Gasteiger partial charge in [0, 0.05) is 18.8 Å². The van der Waals surface area contributed by atoms with Crippen LogP contribution in [0.5, 0.6) is 0 Å². The van der Waals surface area contributed by atoms with Gasteiger partial charge in [-0.2, -0.15) is 0 Å². The van der Waals surface area contributed by atoms with Crippen molar-refractivity contribution in [1.29, 1.82) is 0 Å². The third-order valence-electron chi connectivity index (χ3n) is 3.29. The van der Waals surface area contributed by atoms with E-state index < -0.39 is 17.7 Å². The third-order valence-corrected chi connectivity index (χ3v) is 3.58. The Bertz CT molecular complexity index is 425. The molecule has 0 aliphatic carbocycles. The largest absolute Gasteiger partial charge is 0.381 e. The van der Waals surface area contributed by atoms with Crippen LogP contribution in [-0.2, 0) is 4.74 Å². The van der Waals surface area contributed by atoms with Gasteiger partial charge in [-0.1, -0.05) is 11.6 Å². The molecule has 2 rings (SSSR count). The first-order valence-corrected chi connectivity index (χ1v) is 6.19. The van der Waals surface area contributed by atoms with Crippen molar-refractivity contribution in [1.82, 2.24) is 5.43 Å².